The van der Waals surface area contributed by atoms with Crippen LogP contribution in [0.4, 0.5) is 20.2 Å². The maximum atomic E-state index is 13.6. The van der Waals surface area contributed by atoms with Gasteiger partial charge in [0, 0.05) is 37.1 Å². The Morgan fingerprint density at radius 3 is 2.52 bits per heavy atom. The van der Waals surface area contributed by atoms with Gasteiger partial charge < -0.3 is 15.5 Å². The van der Waals surface area contributed by atoms with Crippen LogP contribution in [-0.2, 0) is 4.79 Å². The number of hydrogen-bond donors (Lipinski definition) is 2. The zero-order chi connectivity index (χ0) is 20.8. The van der Waals surface area contributed by atoms with Crippen molar-refractivity contribution in [3.05, 3.63) is 58.6 Å². The highest BCUT2D eigenvalue weighted by molar-refractivity contribution is 6.31. The number of hydrogen-bond acceptors (Lipinski definition) is 3. The van der Waals surface area contributed by atoms with E-state index in [0.29, 0.717) is 16.8 Å². The number of anilines is 2. The average molecular weight is 422 g/mol. The maximum absolute atomic E-state index is 13.6. The molecule has 8 heteroatoms. The standard InChI is InChI=1S/C21H22ClF2N3O2/c22-14-4-7-19(27-10-2-1-3-11-27)18(12-14)26-20(28)8-9-25-21(29)16-6-5-15(23)13-17(16)24/h4-7,12-13H,1-3,8-11H2,(H,25,29)(H,26,28). The molecule has 1 aliphatic rings. The largest absolute Gasteiger partial charge is 0.370 e. The van der Waals surface area contributed by atoms with E-state index in [4.69, 9.17) is 11.6 Å². The summed E-state index contributed by atoms with van der Waals surface area (Å²) in [5, 5.41) is 5.82. The van der Waals surface area contributed by atoms with Crippen LogP contribution in [0.3, 0.4) is 0 Å². The highest BCUT2D eigenvalue weighted by Crippen LogP contribution is 2.31. The van der Waals surface area contributed by atoms with Crippen LogP contribution < -0.4 is 15.5 Å². The summed E-state index contributed by atoms with van der Waals surface area (Å²) in [6.07, 6.45) is 3.39. The van der Waals surface area contributed by atoms with Gasteiger partial charge in [-0.15, -0.1) is 0 Å². The van der Waals surface area contributed by atoms with Crippen molar-refractivity contribution >= 4 is 34.8 Å². The Hall–Kier alpha value is -2.67. The quantitative estimate of drug-likeness (QED) is 0.728. The van der Waals surface area contributed by atoms with Gasteiger partial charge in [0.2, 0.25) is 5.91 Å². The molecule has 0 aliphatic carbocycles. The Morgan fingerprint density at radius 1 is 1.03 bits per heavy atom. The lowest BCUT2D eigenvalue weighted by Crippen LogP contribution is -2.31. The topological polar surface area (TPSA) is 61.4 Å². The number of halogens is 3. The van der Waals surface area contributed by atoms with Crippen molar-refractivity contribution in [1.82, 2.24) is 5.32 Å². The molecule has 1 saturated heterocycles. The van der Waals surface area contributed by atoms with E-state index in [1.165, 1.54) is 6.42 Å². The monoisotopic (exact) mass is 421 g/mol. The molecule has 1 heterocycles. The molecule has 2 N–H and O–H groups in total. The predicted molar refractivity (Wildman–Crippen MR) is 109 cm³/mol. The number of benzene rings is 2. The minimum absolute atomic E-state index is 0.000503. The SMILES string of the molecule is O=C(CCNC(=O)c1ccc(F)cc1F)Nc1cc(Cl)ccc1N1CCCCC1. The molecule has 3 rings (SSSR count). The summed E-state index contributed by atoms with van der Waals surface area (Å²) >= 11 is 6.09. The molecule has 2 amide bonds. The van der Waals surface area contributed by atoms with E-state index in [9.17, 15) is 18.4 Å². The van der Waals surface area contributed by atoms with Gasteiger partial charge in [-0.2, -0.15) is 0 Å². The van der Waals surface area contributed by atoms with Crippen LogP contribution in [0.25, 0.3) is 0 Å². The van der Waals surface area contributed by atoms with Crippen molar-refractivity contribution in [2.24, 2.45) is 0 Å². The summed E-state index contributed by atoms with van der Waals surface area (Å²) < 4.78 is 26.6. The van der Waals surface area contributed by atoms with Crippen molar-refractivity contribution in [3.8, 4) is 0 Å². The third kappa shape index (κ3) is 5.67. The van der Waals surface area contributed by atoms with Gasteiger partial charge in [0.1, 0.15) is 11.6 Å². The second-order valence-electron chi connectivity index (χ2n) is 6.89. The van der Waals surface area contributed by atoms with Crippen LogP contribution in [-0.4, -0.2) is 31.4 Å². The Kier molecular flexibility index (Phi) is 7.04. The lowest BCUT2D eigenvalue weighted by Gasteiger charge is -2.30. The second kappa shape index (κ2) is 9.69. The van der Waals surface area contributed by atoms with Gasteiger partial charge >= 0.3 is 0 Å². The van der Waals surface area contributed by atoms with Crippen LogP contribution in [0, 0.1) is 11.6 Å². The third-order valence-electron chi connectivity index (χ3n) is 4.74. The van der Waals surface area contributed by atoms with E-state index >= 15 is 0 Å². The van der Waals surface area contributed by atoms with Crippen molar-refractivity contribution < 1.29 is 18.4 Å². The molecule has 0 saturated carbocycles. The highest BCUT2D eigenvalue weighted by atomic mass is 35.5. The van der Waals surface area contributed by atoms with E-state index < -0.39 is 17.5 Å². The van der Waals surface area contributed by atoms with Crippen LogP contribution in [0.15, 0.2) is 36.4 Å². The zero-order valence-electron chi connectivity index (χ0n) is 15.8. The first-order chi connectivity index (χ1) is 13.9. The molecule has 154 valence electrons. The van der Waals surface area contributed by atoms with Gasteiger partial charge in [-0.3, -0.25) is 9.59 Å². The smallest absolute Gasteiger partial charge is 0.254 e. The lowest BCUT2D eigenvalue weighted by molar-refractivity contribution is -0.116. The zero-order valence-corrected chi connectivity index (χ0v) is 16.6. The summed E-state index contributed by atoms with van der Waals surface area (Å²) in [6.45, 7) is 1.86. The number of amides is 2. The van der Waals surface area contributed by atoms with Crippen molar-refractivity contribution in [3.63, 3.8) is 0 Å². The number of rotatable bonds is 6. The molecular formula is C21H22ClF2N3O2. The van der Waals surface area contributed by atoms with Crippen molar-refractivity contribution in [1.29, 1.82) is 0 Å². The molecule has 0 bridgehead atoms. The highest BCUT2D eigenvalue weighted by Gasteiger charge is 2.17. The summed E-state index contributed by atoms with van der Waals surface area (Å²) in [7, 11) is 0. The summed E-state index contributed by atoms with van der Waals surface area (Å²) in [6, 6.07) is 8.10. The van der Waals surface area contributed by atoms with E-state index in [0.717, 1.165) is 43.8 Å². The molecule has 0 aromatic heterocycles. The first kappa shape index (κ1) is 21.0. The molecule has 2 aromatic carbocycles. The predicted octanol–water partition coefficient (Wildman–Crippen LogP) is 4.37. The van der Waals surface area contributed by atoms with Gasteiger partial charge in [0.05, 0.1) is 16.9 Å². The molecule has 0 spiro atoms. The Balaban J connectivity index is 1.56. The molecule has 1 fully saturated rings. The lowest BCUT2D eigenvalue weighted by atomic mass is 10.1. The molecular weight excluding hydrogens is 400 g/mol. The van der Waals surface area contributed by atoms with Crippen molar-refractivity contribution in [2.45, 2.75) is 25.7 Å². The van der Waals surface area contributed by atoms with Crippen LogP contribution in [0.1, 0.15) is 36.0 Å². The summed E-state index contributed by atoms with van der Waals surface area (Å²) in [5.41, 5.74) is 1.27. The van der Waals surface area contributed by atoms with E-state index in [1.54, 1.807) is 12.1 Å². The van der Waals surface area contributed by atoms with E-state index in [-0.39, 0.29) is 24.4 Å². The molecule has 2 aromatic rings. The van der Waals surface area contributed by atoms with Gasteiger partial charge in [0.15, 0.2) is 0 Å². The Morgan fingerprint density at radius 2 is 1.79 bits per heavy atom. The maximum Gasteiger partial charge on any atom is 0.254 e. The minimum Gasteiger partial charge on any atom is -0.370 e. The third-order valence-corrected chi connectivity index (χ3v) is 4.98. The first-order valence-corrected chi connectivity index (χ1v) is 9.89. The summed E-state index contributed by atoms with van der Waals surface area (Å²) in [4.78, 5) is 26.5. The first-order valence-electron chi connectivity index (χ1n) is 9.51. The number of carbonyl (C=O) groups is 2. The molecule has 29 heavy (non-hydrogen) atoms. The Bertz CT molecular complexity index is 901. The Labute approximate surface area is 173 Å². The number of nitrogens with zero attached hydrogens (tertiary/aromatic N) is 1. The van der Waals surface area contributed by atoms with Crippen LogP contribution >= 0.6 is 11.6 Å². The number of nitrogens with one attached hydrogen (secondary N) is 2. The van der Waals surface area contributed by atoms with Crippen molar-refractivity contribution in [2.75, 3.05) is 29.9 Å². The minimum atomic E-state index is -0.947. The molecule has 0 radical (unpaired) electrons. The second-order valence-corrected chi connectivity index (χ2v) is 7.32. The van der Waals surface area contributed by atoms with Gasteiger partial charge in [-0.05, 0) is 49.6 Å². The van der Waals surface area contributed by atoms with E-state index in [1.807, 2.05) is 6.07 Å². The molecule has 0 atom stereocenters. The average Bonchev–Trinajstić information content (AvgIpc) is 2.68. The van der Waals surface area contributed by atoms with Crippen LogP contribution in [0.2, 0.25) is 5.02 Å². The fraction of sp³-hybridized carbons (Fsp3) is 0.333. The molecule has 1 aliphatic heterocycles. The van der Waals surface area contributed by atoms with Gasteiger partial charge in [0.25, 0.3) is 5.91 Å². The molecule has 0 unspecified atom stereocenters. The fourth-order valence-electron chi connectivity index (χ4n) is 3.29. The van der Waals surface area contributed by atoms with Gasteiger partial charge in [-0.25, -0.2) is 8.78 Å². The van der Waals surface area contributed by atoms with Crippen LogP contribution in [0.5, 0.6) is 0 Å². The normalized spacial score (nSPS) is 13.8. The number of piperidine rings is 1. The van der Waals surface area contributed by atoms with E-state index in [2.05, 4.69) is 15.5 Å². The number of carbonyl (C=O) groups excluding carboxylic acids is 2. The molecule has 5 nitrogen and oxygen atoms in total. The summed E-state index contributed by atoms with van der Waals surface area (Å²) in [5.74, 6) is -2.71. The fourth-order valence-corrected chi connectivity index (χ4v) is 3.46. The van der Waals surface area contributed by atoms with Gasteiger partial charge in [-0.1, -0.05) is 11.6 Å².